The van der Waals surface area contributed by atoms with Crippen LogP contribution in [-0.2, 0) is 6.42 Å². The fourth-order valence-corrected chi connectivity index (χ4v) is 4.09. The van der Waals surface area contributed by atoms with Crippen molar-refractivity contribution < 1.29 is 4.92 Å². The van der Waals surface area contributed by atoms with Crippen LogP contribution < -0.4 is 5.32 Å². The Balaban J connectivity index is 1.67. The maximum absolute atomic E-state index is 11.1. The summed E-state index contributed by atoms with van der Waals surface area (Å²) < 4.78 is 0. The highest BCUT2D eigenvalue weighted by molar-refractivity contribution is 5.39. The molecule has 5 heteroatoms. The average molecular weight is 289 g/mol. The zero-order valence-corrected chi connectivity index (χ0v) is 12.5. The quantitative estimate of drug-likeness (QED) is 0.666. The number of nitrogens with one attached hydrogen (secondary N) is 1. The van der Waals surface area contributed by atoms with Gasteiger partial charge in [0.05, 0.1) is 4.92 Å². The van der Waals surface area contributed by atoms with Crippen molar-refractivity contribution in [3.05, 3.63) is 39.9 Å². The molecule has 0 spiro atoms. The Morgan fingerprint density at radius 1 is 1.38 bits per heavy atom. The molecule has 1 N–H and O–H groups in total. The standard InChI is InChI=1S/C16H23N3O2/c1-2-15-14-10-17-9-13(14)11-18(15)8-7-12-5-3-4-6-16(12)19(20)21/h3-6,13-15,17H,2,7-11H2,1H3. The molecule has 0 radical (unpaired) electrons. The van der Waals surface area contributed by atoms with Gasteiger partial charge < -0.3 is 5.32 Å². The normalized spacial score (nSPS) is 28.7. The highest BCUT2D eigenvalue weighted by Crippen LogP contribution is 2.34. The zero-order valence-electron chi connectivity index (χ0n) is 12.5. The largest absolute Gasteiger partial charge is 0.316 e. The summed E-state index contributed by atoms with van der Waals surface area (Å²) in [5.74, 6) is 1.53. The van der Waals surface area contributed by atoms with E-state index < -0.39 is 0 Å². The van der Waals surface area contributed by atoms with E-state index in [2.05, 4.69) is 17.1 Å². The molecule has 21 heavy (non-hydrogen) atoms. The summed E-state index contributed by atoms with van der Waals surface area (Å²) in [6.07, 6.45) is 1.93. The molecule has 3 rings (SSSR count). The van der Waals surface area contributed by atoms with E-state index in [4.69, 9.17) is 0 Å². The molecule has 2 fully saturated rings. The van der Waals surface area contributed by atoms with Gasteiger partial charge >= 0.3 is 0 Å². The maximum atomic E-state index is 11.1. The highest BCUT2D eigenvalue weighted by Gasteiger charge is 2.42. The third-order valence-corrected chi connectivity index (χ3v) is 5.10. The van der Waals surface area contributed by atoms with Crippen molar-refractivity contribution in [3.63, 3.8) is 0 Å². The molecule has 0 bridgehead atoms. The second kappa shape index (κ2) is 6.12. The number of rotatable bonds is 5. The van der Waals surface area contributed by atoms with E-state index in [1.165, 1.54) is 6.42 Å². The van der Waals surface area contributed by atoms with Crippen molar-refractivity contribution >= 4 is 5.69 Å². The molecule has 3 unspecified atom stereocenters. The number of hydrogen-bond donors (Lipinski definition) is 1. The summed E-state index contributed by atoms with van der Waals surface area (Å²) >= 11 is 0. The van der Waals surface area contributed by atoms with Crippen molar-refractivity contribution in [3.8, 4) is 0 Å². The van der Waals surface area contributed by atoms with Crippen LogP contribution in [0.15, 0.2) is 24.3 Å². The van der Waals surface area contributed by atoms with Crippen molar-refractivity contribution in [2.75, 3.05) is 26.2 Å². The number of nitro benzene ring substituents is 1. The van der Waals surface area contributed by atoms with E-state index in [0.29, 0.717) is 6.04 Å². The van der Waals surface area contributed by atoms with Crippen LogP contribution in [0.3, 0.4) is 0 Å². The summed E-state index contributed by atoms with van der Waals surface area (Å²) in [7, 11) is 0. The number of nitrogens with zero attached hydrogens (tertiary/aromatic N) is 2. The number of hydrogen-bond acceptors (Lipinski definition) is 4. The zero-order chi connectivity index (χ0) is 14.8. The lowest BCUT2D eigenvalue weighted by Crippen LogP contribution is -2.36. The van der Waals surface area contributed by atoms with Crippen LogP contribution in [0, 0.1) is 22.0 Å². The van der Waals surface area contributed by atoms with Gasteiger partial charge in [0.1, 0.15) is 0 Å². The monoisotopic (exact) mass is 289 g/mol. The Morgan fingerprint density at radius 2 is 2.19 bits per heavy atom. The number of nitro groups is 1. The number of likely N-dealkylation sites (tertiary alicyclic amines) is 1. The molecule has 1 aromatic rings. The molecule has 0 aliphatic carbocycles. The summed E-state index contributed by atoms with van der Waals surface area (Å²) in [6, 6.07) is 7.75. The van der Waals surface area contributed by atoms with Gasteiger partial charge in [0, 0.05) is 30.8 Å². The molecule has 0 aromatic heterocycles. The van der Waals surface area contributed by atoms with Crippen molar-refractivity contribution in [2.45, 2.75) is 25.8 Å². The third kappa shape index (κ3) is 2.80. The molecule has 0 amide bonds. The number of fused-ring (bicyclic) bond motifs is 1. The van der Waals surface area contributed by atoms with E-state index in [9.17, 15) is 10.1 Å². The minimum Gasteiger partial charge on any atom is -0.316 e. The smallest absolute Gasteiger partial charge is 0.272 e. The van der Waals surface area contributed by atoms with E-state index in [-0.39, 0.29) is 10.6 Å². The van der Waals surface area contributed by atoms with Crippen LogP contribution in [0.2, 0.25) is 0 Å². The maximum Gasteiger partial charge on any atom is 0.272 e. The molecule has 2 aliphatic heterocycles. The lowest BCUT2D eigenvalue weighted by atomic mass is 9.93. The van der Waals surface area contributed by atoms with Gasteiger partial charge in [-0.2, -0.15) is 0 Å². The van der Waals surface area contributed by atoms with Gasteiger partial charge in [-0.3, -0.25) is 15.0 Å². The molecule has 5 nitrogen and oxygen atoms in total. The fraction of sp³-hybridized carbons (Fsp3) is 0.625. The Hall–Kier alpha value is -1.46. The Labute approximate surface area is 125 Å². The van der Waals surface area contributed by atoms with Gasteiger partial charge in [-0.05, 0) is 37.8 Å². The van der Waals surface area contributed by atoms with Gasteiger partial charge in [0.25, 0.3) is 5.69 Å². The first-order valence-corrected chi connectivity index (χ1v) is 7.87. The van der Waals surface area contributed by atoms with Gasteiger partial charge in [-0.15, -0.1) is 0 Å². The Morgan fingerprint density at radius 3 is 2.95 bits per heavy atom. The first-order chi connectivity index (χ1) is 10.2. The summed E-state index contributed by atoms with van der Waals surface area (Å²) in [4.78, 5) is 13.4. The minimum absolute atomic E-state index is 0.256. The van der Waals surface area contributed by atoms with E-state index in [0.717, 1.165) is 50.0 Å². The highest BCUT2D eigenvalue weighted by atomic mass is 16.6. The molecule has 2 saturated heterocycles. The summed E-state index contributed by atoms with van der Waals surface area (Å²) in [5.41, 5.74) is 1.11. The van der Waals surface area contributed by atoms with Gasteiger partial charge in [-0.1, -0.05) is 25.1 Å². The van der Waals surface area contributed by atoms with Crippen molar-refractivity contribution in [2.24, 2.45) is 11.8 Å². The van der Waals surface area contributed by atoms with Crippen molar-refractivity contribution in [1.82, 2.24) is 10.2 Å². The SMILES string of the molecule is CCC1C2CNCC2CN1CCc1ccccc1[N+](=O)[O-]. The summed E-state index contributed by atoms with van der Waals surface area (Å²) in [5, 5.41) is 14.6. The topological polar surface area (TPSA) is 58.4 Å². The number of benzene rings is 1. The lowest BCUT2D eigenvalue weighted by Gasteiger charge is -2.26. The van der Waals surface area contributed by atoms with E-state index >= 15 is 0 Å². The molecule has 0 saturated carbocycles. The van der Waals surface area contributed by atoms with Crippen LogP contribution >= 0.6 is 0 Å². The molecule has 2 aliphatic rings. The summed E-state index contributed by atoms with van der Waals surface area (Å²) in [6.45, 7) is 6.57. The average Bonchev–Trinajstić information content (AvgIpc) is 3.05. The fourth-order valence-electron chi connectivity index (χ4n) is 4.09. The minimum atomic E-state index is -0.269. The first-order valence-electron chi connectivity index (χ1n) is 7.87. The molecular weight excluding hydrogens is 266 g/mol. The molecule has 1 aromatic carbocycles. The van der Waals surface area contributed by atoms with E-state index in [1.54, 1.807) is 12.1 Å². The molecular formula is C16H23N3O2. The second-order valence-electron chi connectivity index (χ2n) is 6.19. The molecule has 3 atom stereocenters. The lowest BCUT2D eigenvalue weighted by molar-refractivity contribution is -0.385. The Bertz CT molecular complexity index is 520. The molecule has 114 valence electrons. The van der Waals surface area contributed by atoms with Crippen LogP contribution in [-0.4, -0.2) is 42.0 Å². The van der Waals surface area contributed by atoms with Gasteiger partial charge in [0.2, 0.25) is 0 Å². The first kappa shape index (κ1) is 14.5. The van der Waals surface area contributed by atoms with Crippen LogP contribution in [0.5, 0.6) is 0 Å². The Kier molecular flexibility index (Phi) is 4.22. The van der Waals surface area contributed by atoms with E-state index in [1.807, 2.05) is 12.1 Å². The van der Waals surface area contributed by atoms with Crippen molar-refractivity contribution in [1.29, 1.82) is 0 Å². The predicted molar refractivity (Wildman–Crippen MR) is 82.3 cm³/mol. The predicted octanol–water partition coefficient (Wildman–Crippen LogP) is 2.07. The second-order valence-corrected chi connectivity index (χ2v) is 6.19. The van der Waals surface area contributed by atoms with Gasteiger partial charge in [-0.25, -0.2) is 0 Å². The molecule has 2 heterocycles. The van der Waals surface area contributed by atoms with Crippen LogP contribution in [0.1, 0.15) is 18.9 Å². The number of para-hydroxylation sites is 1. The third-order valence-electron chi connectivity index (χ3n) is 5.10. The van der Waals surface area contributed by atoms with Crippen LogP contribution in [0.4, 0.5) is 5.69 Å². The van der Waals surface area contributed by atoms with Crippen LogP contribution in [0.25, 0.3) is 0 Å². The van der Waals surface area contributed by atoms with Gasteiger partial charge in [0.15, 0.2) is 0 Å².